The van der Waals surface area contributed by atoms with Gasteiger partial charge in [0.15, 0.2) is 0 Å². The molecule has 1 aromatic carbocycles. The first kappa shape index (κ1) is 8.94. The van der Waals surface area contributed by atoms with Gasteiger partial charge in [0.2, 0.25) is 0 Å². The Hall–Kier alpha value is -1.64. The molecule has 0 bridgehead atoms. The zero-order valence-electron chi connectivity index (χ0n) is 7.94. The van der Waals surface area contributed by atoms with Crippen molar-refractivity contribution in [2.24, 2.45) is 7.05 Å². The van der Waals surface area contributed by atoms with Crippen LogP contribution in [0.2, 0.25) is 0 Å². The summed E-state index contributed by atoms with van der Waals surface area (Å²) in [6, 6.07) is 8.71. The normalized spacial score (nSPS) is 10.4. The number of halogens is 1. The number of aryl methyl sites for hydroxylation is 1. The SMILES string of the molecule is Cn1nccc1Cc1ccccc1F. The minimum atomic E-state index is -0.159. The molecule has 0 spiro atoms. The lowest BCUT2D eigenvalue weighted by Gasteiger charge is -2.03. The molecular weight excluding hydrogens is 179 g/mol. The van der Waals surface area contributed by atoms with Gasteiger partial charge >= 0.3 is 0 Å². The van der Waals surface area contributed by atoms with Crippen molar-refractivity contribution >= 4 is 0 Å². The Bertz CT molecular complexity index is 434. The molecule has 0 radical (unpaired) electrons. The van der Waals surface area contributed by atoms with Crippen LogP contribution in [0.5, 0.6) is 0 Å². The van der Waals surface area contributed by atoms with Crippen LogP contribution in [0, 0.1) is 5.82 Å². The van der Waals surface area contributed by atoms with Crippen molar-refractivity contribution in [1.82, 2.24) is 9.78 Å². The topological polar surface area (TPSA) is 17.8 Å². The van der Waals surface area contributed by atoms with E-state index in [1.54, 1.807) is 23.0 Å². The van der Waals surface area contributed by atoms with Crippen LogP contribution < -0.4 is 0 Å². The van der Waals surface area contributed by atoms with Gasteiger partial charge in [-0.2, -0.15) is 5.10 Å². The minimum absolute atomic E-state index is 0.159. The summed E-state index contributed by atoms with van der Waals surface area (Å²) in [4.78, 5) is 0. The molecule has 0 aliphatic carbocycles. The van der Waals surface area contributed by atoms with Crippen molar-refractivity contribution in [2.75, 3.05) is 0 Å². The van der Waals surface area contributed by atoms with Gasteiger partial charge in [0.1, 0.15) is 5.82 Å². The second-order valence-corrected chi connectivity index (χ2v) is 3.21. The maximum absolute atomic E-state index is 13.3. The van der Waals surface area contributed by atoms with Crippen LogP contribution >= 0.6 is 0 Å². The molecule has 2 rings (SSSR count). The first-order valence-electron chi connectivity index (χ1n) is 4.47. The van der Waals surface area contributed by atoms with Crippen molar-refractivity contribution in [3.8, 4) is 0 Å². The Morgan fingerprint density at radius 1 is 1.29 bits per heavy atom. The molecule has 1 heterocycles. The summed E-state index contributed by atoms with van der Waals surface area (Å²) in [5.41, 5.74) is 1.71. The monoisotopic (exact) mass is 190 g/mol. The molecular formula is C11H11FN2. The number of hydrogen-bond acceptors (Lipinski definition) is 1. The lowest BCUT2D eigenvalue weighted by Crippen LogP contribution is -2.00. The van der Waals surface area contributed by atoms with Gasteiger partial charge in [-0.05, 0) is 17.7 Å². The highest BCUT2D eigenvalue weighted by Gasteiger charge is 2.04. The third-order valence-electron chi connectivity index (χ3n) is 2.25. The zero-order valence-corrected chi connectivity index (χ0v) is 7.94. The lowest BCUT2D eigenvalue weighted by atomic mass is 10.1. The van der Waals surface area contributed by atoms with Gasteiger partial charge in [-0.1, -0.05) is 18.2 Å². The van der Waals surface area contributed by atoms with Crippen LogP contribution in [-0.4, -0.2) is 9.78 Å². The molecule has 3 heteroatoms. The molecule has 0 fully saturated rings. The lowest BCUT2D eigenvalue weighted by molar-refractivity contribution is 0.609. The average molecular weight is 190 g/mol. The number of aromatic nitrogens is 2. The fraction of sp³-hybridized carbons (Fsp3) is 0.182. The molecule has 14 heavy (non-hydrogen) atoms. The van der Waals surface area contributed by atoms with Crippen molar-refractivity contribution in [1.29, 1.82) is 0 Å². The summed E-state index contributed by atoms with van der Waals surface area (Å²) in [5.74, 6) is -0.159. The third kappa shape index (κ3) is 1.66. The largest absolute Gasteiger partial charge is 0.272 e. The fourth-order valence-electron chi connectivity index (χ4n) is 1.41. The Morgan fingerprint density at radius 3 is 2.71 bits per heavy atom. The average Bonchev–Trinajstić information content (AvgIpc) is 2.56. The molecule has 0 unspecified atom stereocenters. The number of hydrogen-bond donors (Lipinski definition) is 0. The summed E-state index contributed by atoms with van der Waals surface area (Å²) in [6.07, 6.45) is 2.30. The number of rotatable bonds is 2. The van der Waals surface area contributed by atoms with Crippen molar-refractivity contribution in [3.63, 3.8) is 0 Å². The van der Waals surface area contributed by atoms with Crippen LogP contribution in [0.4, 0.5) is 4.39 Å². The van der Waals surface area contributed by atoms with E-state index < -0.39 is 0 Å². The predicted molar refractivity (Wildman–Crippen MR) is 52.4 cm³/mol. The smallest absolute Gasteiger partial charge is 0.126 e. The van der Waals surface area contributed by atoms with Crippen LogP contribution in [0.15, 0.2) is 36.5 Å². The van der Waals surface area contributed by atoms with Gasteiger partial charge in [-0.15, -0.1) is 0 Å². The van der Waals surface area contributed by atoms with Crippen molar-refractivity contribution in [2.45, 2.75) is 6.42 Å². The van der Waals surface area contributed by atoms with Gasteiger partial charge in [0, 0.05) is 25.4 Å². The summed E-state index contributed by atoms with van der Waals surface area (Å²) in [5, 5.41) is 4.04. The molecule has 0 saturated carbocycles. The Morgan fingerprint density at radius 2 is 2.07 bits per heavy atom. The Labute approximate surface area is 82.0 Å². The Kier molecular flexibility index (Phi) is 2.31. The third-order valence-corrected chi connectivity index (χ3v) is 2.25. The summed E-state index contributed by atoms with van der Waals surface area (Å²) in [7, 11) is 1.86. The molecule has 0 N–H and O–H groups in total. The maximum Gasteiger partial charge on any atom is 0.126 e. The highest BCUT2D eigenvalue weighted by Crippen LogP contribution is 2.11. The highest BCUT2D eigenvalue weighted by molar-refractivity contribution is 5.22. The van der Waals surface area contributed by atoms with E-state index in [0.717, 1.165) is 5.69 Å². The van der Waals surface area contributed by atoms with Crippen LogP contribution in [0.25, 0.3) is 0 Å². The molecule has 0 aliphatic rings. The summed E-state index contributed by atoms with van der Waals surface area (Å²) in [6.45, 7) is 0. The van der Waals surface area contributed by atoms with E-state index >= 15 is 0 Å². The van der Waals surface area contributed by atoms with Gasteiger partial charge in [-0.3, -0.25) is 4.68 Å². The van der Waals surface area contributed by atoms with Crippen molar-refractivity contribution < 1.29 is 4.39 Å². The van der Waals surface area contributed by atoms with E-state index in [4.69, 9.17) is 0 Å². The molecule has 0 aliphatic heterocycles. The van der Waals surface area contributed by atoms with Gasteiger partial charge in [0.05, 0.1) is 0 Å². The second kappa shape index (κ2) is 3.62. The standard InChI is InChI=1S/C11H11FN2/c1-14-10(6-7-13-14)8-9-4-2-3-5-11(9)12/h2-7H,8H2,1H3. The summed E-state index contributed by atoms with van der Waals surface area (Å²) >= 11 is 0. The van der Waals surface area contributed by atoms with Crippen LogP contribution in [-0.2, 0) is 13.5 Å². The first-order valence-corrected chi connectivity index (χ1v) is 4.47. The maximum atomic E-state index is 13.3. The second-order valence-electron chi connectivity index (χ2n) is 3.21. The highest BCUT2D eigenvalue weighted by atomic mass is 19.1. The van der Waals surface area contributed by atoms with Crippen LogP contribution in [0.3, 0.4) is 0 Å². The van der Waals surface area contributed by atoms with Gasteiger partial charge in [0.25, 0.3) is 0 Å². The number of nitrogens with zero attached hydrogens (tertiary/aromatic N) is 2. The number of benzene rings is 1. The van der Waals surface area contributed by atoms with E-state index in [9.17, 15) is 4.39 Å². The Balaban J connectivity index is 2.28. The quantitative estimate of drug-likeness (QED) is 0.709. The first-order chi connectivity index (χ1) is 6.77. The van der Waals surface area contributed by atoms with E-state index in [-0.39, 0.29) is 5.82 Å². The van der Waals surface area contributed by atoms with Gasteiger partial charge < -0.3 is 0 Å². The fourth-order valence-corrected chi connectivity index (χ4v) is 1.41. The van der Waals surface area contributed by atoms with Crippen LogP contribution in [0.1, 0.15) is 11.3 Å². The molecule has 0 saturated heterocycles. The molecule has 1 aromatic heterocycles. The molecule has 2 nitrogen and oxygen atoms in total. The van der Waals surface area contributed by atoms with E-state index in [1.165, 1.54) is 6.07 Å². The van der Waals surface area contributed by atoms with Gasteiger partial charge in [-0.25, -0.2) is 4.39 Å². The molecule has 0 atom stereocenters. The zero-order chi connectivity index (χ0) is 9.97. The molecule has 72 valence electrons. The predicted octanol–water partition coefficient (Wildman–Crippen LogP) is 2.15. The van der Waals surface area contributed by atoms with E-state index in [1.807, 2.05) is 19.2 Å². The van der Waals surface area contributed by atoms with E-state index in [0.29, 0.717) is 12.0 Å². The van der Waals surface area contributed by atoms with Crippen molar-refractivity contribution in [3.05, 3.63) is 53.6 Å². The molecule has 0 amide bonds. The van der Waals surface area contributed by atoms with E-state index in [2.05, 4.69) is 5.10 Å². The molecule has 2 aromatic rings. The minimum Gasteiger partial charge on any atom is -0.272 e. The summed E-state index contributed by atoms with van der Waals surface area (Å²) < 4.78 is 15.0.